The van der Waals surface area contributed by atoms with E-state index in [0.717, 1.165) is 0 Å². The third kappa shape index (κ3) is 3.04. The van der Waals surface area contributed by atoms with Crippen LogP contribution in [0.25, 0.3) is 0 Å². The molecule has 1 heterocycles. The Morgan fingerprint density at radius 1 is 1.54 bits per heavy atom. The smallest absolute Gasteiger partial charge is 0.404 e. The van der Waals surface area contributed by atoms with E-state index < -0.39 is 6.09 Å². The number of nitrogens with two attached hydrogens (primary N) is 1. The number of hydrogen-bond acceptors (Lipinski definition) is 4. The maximum absolute atomic E-state index is 10.3. The molecule has 0 fully saturated rings. The number of carbonyl (C=O) groups excluding carboxylic acids is 1. The van der Waals surface area contributed by atoms with E-state index in [-0.39, 0.29) is 16.9 Å². The monoisotopic (exact) mass is 221 g/mol. The van der Waals surface area contributed by atoms with Crippen LogP contribution in [0.4, 0.5) is 4.79 Å². The zero-order valence-electron chi connectivity index (χ0n) is 6.33. The van der Waals surface area contributed by atoms with Crippen LogP contribution in [0.1, 0.15) is 5.56 Å². The Hall–Kier alpha value is -1.07. The van der Waals surface area contributed by atoms with Crippen LogP contribution in [0, 0.1) is 0 Å². The van der Waals surface area contributed by atoms with Crippen molar-refractivity contribution in [1.82, 2.24) is 10.2 Å². The lowest BCUT2D eigenvalue weighted by molar-refractivity contribution is 0.150. The number of amides is 1. The predicted octanol–water partition coefficient (Wildman–Crippen LogP) is 1.38. The fraction of sp³-hybridized carbons (Fsp3) is 0.167. The highest BCUT2D eigenvalue weighted by Crippen LogP contribution is 2.15. The van der Waals surface area contributed by atoms with Crippen molar-refractivity contribution in [1.29, 1.82) is 0 Å². The lowest BCUT2D eigenvalue weighted by Crippen LogP contribution is -2.13. The third-order valence-corrected chi connectivity index (χ3v) is 1.66. The van der Waals surface area contributed by atoms with Crippen molar-refractivity contribution in [2.24, 2.45) is 5.73 Å². The minimum atomic E-state index is -0.885. The molecule has 0 aromatic carbocycles. The lowest BCUT2D eigenvalue weighted by Gasteiger charge is -2.02. The molecule has 70 valence electrons. The summed E-state index contributed by atoms with van der Waals surface area (Å²) in [6.07, 6.45) is -0.885. The van der Waals surface area contributed by atoms with Gasteiger partial charge in [0.1, 0.15) is 6.61 Å². The SMILES string of the molecule is NC(=O)OCc1cc(Cl)nnc1Cl. The van der Waals surface area contributed by atoms with Gasteiger partial charge in [0.15, 0.2) is 10.3 Å². The van der Waals surface area contributed by atoms with Crippen LogP contribution in [0.2, 0.25) is 10.3 Å². The molecule has 0 spiro atoms. The van der Waals surface area contributed by atoms with E-state index in [0.29, 0.717) is 5.56 Å². The number of carbonyl (C=O) groups is 1. The van der Waals surface area contributed by atoms with Gasteiger partial charge in [-0.3, -0.25) is 0 Å². The normalized spacial score (nSPS) is 9.69. The second-order valence-corrected chi connectivity index (χ2v) is 2.84. The average Bonchev–Trinajstić information content (AvgIpc) is 2.06. The van der Waals surface area contributed by atoms with E-state index in [1.807, 2.05) is 0 Å². The van der Waals surface area contributed by atoms with Gasteiger partial charge in [-0.2, -0.15) is 0 Å². The maximum atomic E-state index is 10.3. The average molecular weight is 222 g/mol. The number of primary amides is 1. The minimum Gasteiger partial charge on any atom is -0.445 e. The summed E-state index contributed by atoms with van der Waals surface area (Å²) in [6, 6.07) is 1.44. The van der Waals surface area contributed by atoms with Crippen LogP contribution >= 0.6 is 23.2 Å². The van der Waals surface area contributed by atoms with Crippen molar-refractivity contribution in [3.8, 4) is 0 Å². The fourth-order valence-corrected chi connectivity index (χ4v) is 0.955. The molecule has 0 saturated heterocycles. The highest BCUT2D eigenvalue weighted by atomic mass is 35.5. The van der Waals surface area contributed by atoms with Crippen LogP contribution in [-0.4, -0.2) is 16.3 Å². The Morgan fingerprint density at radius 3 is 2.85 bits per heavy atom. The summed E-state index contributed by atoms with van der Waals surface area (Å²) in [5.41, 5.74) is 5.21. The molecule has 2 N–H and O–H groups in total. The van der Waals surface area contributed by atoms with Gasteiger partial charge in [0.2, 0.25) is 0 Å². The zero-order valence-corrected chi connectivity index (χ0v) is 7.84. The molecule has 1 amide bonds. The molecule has 7 heteroatoms. The third-order valence-electron chi connectivity index (χ3n) is 1.16. The Labute approximate surface area is 83.8 Å². The van der Waals surface area contributed by atoms with E-state index in [2.05, 4.69) is 14.9 Å². The highest BCUT2D eigenvalue weighted by molar-refractivity contribution is 6.31. The first-order valence-electron chi connectivity index (χ1n) is 3.19. The van der Waals surface area contributed by atoms with Crippen LogP contribution < -0.4 is 5.73 Å². The molecule has 1 rings (SSSR count). The molecule has 0 bridgehead atoms. The molecule has 0 aliphatic rings. The number of rotatable bonds is 2. The van der Waals surface area contributed by atoms with Crippen molar-refractivity contribution in [2.75, 3.05) is 0 Å². The number of nitrogens with zero attached hydrogens (tertiary/aromatic N) is 2. The van der Waals surface area contributed by atoms with Gasteiger partial charge in [0, 0.05) is 5.56 Å². The Balaban J connectivity index is 2.75. The van der Waals surface area contributed by atoms with Crippen LogP contribution in [0.5, 0.6) is 0 Å². The summed E-state index contributed by atoms with van der Waals surface area (Å²) in [4.78, 5) is 10.3. The highest BCUT2D eigenvalue weighted by Gasteiger charge is 2.05. The number of aromatic nitrogens is 2. The predicted molar refractivity (Wildman–Crippen MR) is 46.4 cm³/mol. The van der Waals surface area contributed by atoms with Crippen LogP contribution in [0.15, 0.2) is 6.07 Å². The van der Waals surface area contributed by atoms with Crippen molar-refractivity contribution >= 4 is 29.3 Å². The first-order valence-corrected chi connectivity index (χ1v) is 3.95. The summed E-state index contributed by atoms with van der Waals surface area (Å²) >= 11 is 11.1. The van der Waals surface area contributed by atoms with Crippen molar-refractivity contribution in [2.45, 2.75) is 6.61 Å². The van der Waals surface area contributed by atoms with Gasteiger partial charge < -0.3 is 10.5 Å². The minimum absolute atomic E-state index is 0.0661. The maximum Gasteiger partial charge on any atom is 0.404 e. The van der Waals surface area contributed by atoms with Gasteiger partial charge >= 0.3 is 6.09 Å². The van der Waals surface area contributed by atoms with E-state index in [1.54, 1.807) is 0 Å². The fourth-order valence-electron chi connectivity index (χ4n) is 0.638. The second kappa shape index (κ2) is 4.25. The zero-order chi connectivity index (χ0) is 9.84. The van der Waals surface area contributed by atoms with Crippen LogP contribution in [0.3, 0.4) is 0 Å². The lowest BCUT2D eigenvalue weighted by atomic mass is 10.3. The summed E-state index contributed by atoms with van der Waals surface area (Å²) in [5.74, 6) is 0. The second-order valence-electron chi connectivity index (χ2n) is 2.09. The Kier molecular flexibility index (Phi) is 3.27. The summed E-state index contributed by atoms with van der Waals surface area (Å²) in [7, 11) is 0. The molecule has 1 aromatic rings. The van der Waals surface area contributed by atoms with Gasteiger partial charge in [-0.05, 0) is 6.07 Å². The standard InChI is InChI=1S/C6H5Cl2N3O2/c7-4-1-3(2-13-6(9)12)5(8)11-10-4/h1H,2H2,(H2,9,12). The number of hydrogen-bond donors (Lipinski definition) is 1. The summed E-state index contributed by atoms with van der Waals surface area (Å²) in [6.45, 7) is -0.0661. The topological polar surface area (TPSA) is 78.1 Å². The van der Waals surface area contributed by atoms with E-state index in [1.165, 1.54) is 6.07 Å². The number of halogens is 2. The van der Waals surface area contributed by atoms with Gasteiger partial charge in [0.25, 0.3) is 0 Å². The van der Waals surface area contributed by atoms with E-state index in [9.17, 15) is 4.79 Å². The molecule has 0 unspecified atom stereocenters. The molecule has 0 aliphatic carbocycles. The van der Waals surface area contributed by atoms with Crippen molar-refractivity contribution in [3.63, 3.8) is 0 Å². The first kappa shape index (κ1) is 10.0. The first-order chi connectivity index (χ1) is 6.09. The van der Waals surface area contributed by atoms with Gasteiger partial charge in [-0.1, -0.05) is 23.2 Å². The number of ether oxygens (including phenoxy) is 1. The molecular formula is C6H5Cl2N3O2. The van der Waals surface area contributed by atoms with Gasteiger partial charge in [0.05, 0.1) is 0 Å². The van der Waals surface area contributed by atoms with Crippen molar-refractivity contribution < 1.29 is 9.53 Å². The van der Waals surface area contributed by atoms with Crippen LogP contribution in [-0.2, 0) is 11.3 Å². The van der Waals surface area contributed by atoms with Gasteiger partial charge in [-0.15, -0.1) is 10.2 Å². The molecule has 0 aliphatic heterocycles. The van der Waals surface area contributed by atoms with Crippen molar-refractivity contribution in [3.05, 3.63) is 21.9 Å². The largest absolute Gasteiger partial charge is 0.445 e. The summed E-state index contributed by atoms with van der Waals surface area (Å²) < 4.78 is 4.49. The van der Waals surface area contributed by atoms with E-state index in [4.69, 9.17) is 28.9 Å². The quantitative estimate of drug-likeness (QED) is 0.819. The molecule has 5 nitrogen and oxygen atoms in total. The molecule has 0 atom stereocenters. The van der Waals surface area contributed by atoms with Gasteiger partial charge in [-0.25, -0.2) is 4.79 Å². The molecular weight excluding hydrogens is 217 g/mol. The Morgan fingerprint density at radius 2 is 2.23 bits per heavy atom. The molecule has 13 heavy (non-hydrogen) atoms. The molecule has 0 saturated carbocycles. The Bertz CT molecular complexity index is 332. The molecule has 0 radical (unpaired) electrons. The summed E-state index contributed by atoms with van der Waals surface area (Å²) in [5, 5.41) is 7.29. The molecule has 1 aromatic heterocycles. The van der Waals surface area contributed by atoms with E-state index >= 15 is 0 Å².